The second-order valence-electron chi connectivity index (χ2n) is 20.2. The molecule has 0 heterocycles. The molecule has 0 fully saturated rings. The lowest BCUT2D eigenvalue weighted by atomic mass is 9.62. The van der Waals surface area contributed by atoms with Gasteiger partial charge in [-0.25, -0.2) is 0 Å². The first-order valence-electron chi connectivity index (χ1n) is 26.3. The Morgan fingerprint density at radius 2 is 0.627 bits per heavy atom. The molecule has 0 N–H and O–H groups in total. The highest BCUT2D eigenvalue weighted by Crippen LogP contribution is 2.63. The van der Waals surface area contributed by atoms with Crippen molar-refractivity contribution >= 4 is 0 Å². The van der Waals surface area contributed by atoms with Crippen molar-refractivity contribution in [3.8, 4) is 89.0 Å². The fourth-order valence-corrected chi connectivity index (χ4v) is 12.7. The maximum atomic E-state index is 2.56. The molecule has 0 radical (unpaired) electrons. The van der Waals surface area contributed by atoms with E-state index in [2.05, 4.69) is 297 Å². The zero-order valence-corrected chi connectivity index (χ0v) is 41.6. The molecule has 0 saturated heterocycles. The molecule has 0 bridgehead atoms. The van der Waals surface area contributed by atoms with Gasteiger partial charge in [-0.1, -0.05) is 285 Å². The molecule has 0 amide bonds. The van der Waals surface area contributed by atoms with E-state index in [0.29, 0.717) is 0 Å². The summed E-state index contributed by atoms with van der Waals surface area (Å²) in [5, 5.41) is 0. The van der Waals surface area contributed by atoms with Gasteiger partial charge in [0.15, 0.2) is 0 Å². The Bertz CT molecular complexity index is 4040. The van der Waals surface area contributed by atoms with Gasteiger partial charge in [-0.3, -0.25) is 0 Å². The SMILES string of the molecule is c1ccc(-c2ccc(CC(c3ccc(-c4ccccc4)cc3)c3cccc4c3C3(c5ccc(-c6ccccc6)cc5-c5ccccc5-c5ccccc5-c5ccc(-c6ccccc6)cc53)c3ccccc3-4)cc2)cc1. The minimum atomic E-state index is -0.794. The number of benzene rings is 12. The smallest absolute Gasteiger partial charge is 0.0622 e. The van der Waals surface area contributed by atoms with Gasteiger partial charge in [-0.05, 0) is 147 Å². The van der Waals surface area contributed by atoms with E-state index < -0.39 is 5.41 Å². The van der Waals surface area contributed by atoms with E-state index in [0.717, 1.165) is 6.42 Å². The Balaban J connectivity index is 1.11. The van der Waals surface area contributed by atoms with Crippen LogP contribution < -0.4 is 0 Å². The van der Waals surface area contributed by atoms with Gasteiger partial charge in [0.25, 0.3) is 0 Å². The predicted octanol–water partition coefficient (Wildman–Crippen LogP) is 19.4. The van der Waals surface area contributed by atoms with Gasteiger partial charge in [0, 0.05) is 5.92 Å². The van der Waals surface area contributed by atoms with Crippen LogP contribution in [0.4, 0.5) is 0 Å². The van der Waals surface area contributed by atoms with E-state index >= 15 is 0 Å². The second-order valence-corrected chi connectivity index (χ2v) is 20.2. The van der Waals surface area contributed by atoms with Crippen LogP contribution in [0.1, 0.15) is 44.9 Å². The molecule has 14 rings (SSSR count). The predicted molar refractivity (Wildman–Crippen MR) is 314 cm³/mol. The Labute approximate surface area is 440 Å². The summed E-state index contributed by atoms with van der Waals surface area (Å²) in [6.07, 6.45) is 0.811. The molecule has 0 aromatic heterocycles. The van der Waals surface area contributed by atoms with Crippen LogP contribution in [-0.2, 0) is 11.8 Å². The molecule has 2 unspecified atom stereocenters. The summed E-state index contributed by atoms with van der Waals surface area (Å²) in [6.45, 7) is 0. The first-order chi connectivity index (χ1) is 37.2. The van der Waals surface area contributed by atoms with E-state index in [9.17, 15) is 0 Å². The molecule has 352 valence electrons. The average Bonchev–Trinajstić information content (AvgIpc) is 3.86. The highest BCUT2D eigenvalue weighted by Gasteiger charge is 2.51. The minimum absolute atomic E-state index is 0.0152. The van der Waals surface area contributed by atoms with Crippen LogP contribution >= 0.6 is 0 Å². The molecule has 0 heteroatoms. The van der Waals surface area contributed by atoms with Crippen LogP contribution in [0.15, 0.2) is 297 Å². The molecule has 2 aliphatic carbocycles. The van der Waals surface area contributed by atoms with Crippen molar-refractivity contribution in [3.05, 3.63) is 336 Å². The first-order valence-corrected chi connectivity index (χ1v) is 26.3. The number of rotatable bonds is 8. The zero-order chi connectivity index (χ0) is 49.7. The summed E-state index contributed by atoms with van der Waals surface area (Å²) >= 11 is 0. The summed E-state index contributed by atoms with van der Waals surface area (Å²) in [4.78, 5) is 0. The molecular weight excluding hydrogens is 901 g/mol. The van der Waals surface area contributed by atoms with Crippen LogP contribution in [0.25, 0.3) is 89.0 Å². The van der Waals surface area contributed by atoms with Crippen LogP contribution in [0.3, 0.4) is 0 Å². The van der Waals surface area contributed by atoms with E-state index in [1.54, 1.807) is 0 Å². The molecule has 75 heavy (non-hydrogen) atoms. The third-order valence-corrected chi connectivity index (χ3v) is 16.2. The molecule has 0 nitrogen and oxygen atoms in total. The number of hydrogen-bond donors (Lipinski definition) is 0. The molecule has 0 aliphatic heterocycles. The second kappa shape index (κ2) is 18.6. The van der Waals surface area contributed by atoms with Crippen molar-refractivity contribution in [3.63, 3.8) is 0 Å². The highest BCUT2D eigenvalue weighted by molar-refractivity contribution is 6.00. The minimum Gasteiger partial charge on any atom is -0.0622 e. The zero-order valence-electron chi connectivity index (χ0n) is 41.6. The van der Waals surface area contributed by atoms with Gasteiger partial charge in [0.1, 0.15) is 0 Å². The quantitative estimate of drug-likeness (QED) is 0.142. The van der Waals surface area contributed by atoms with Crippen LogP contribution in [0.2, 0.25) is 0 Å². The van der Waals surface area contributed by atoms with Gasteiger partial charge in [-0.15, -0.1) is 0 Å². The van der Waals surface area contributed by atoms with E-state index in [1.165, 1.54) is 128 Å². The lowest BCUT2D eigenvalue weighted by Gasteiger charge is -2.39. The van der Waals surface area contributed by atoms with Crippen LogP contribution in [0.5, 0.6) is 0 Å². The Hall–Kier alpha value is -9.36. The fourth-order valence-electron chi connectivity index (χ4n) is 12.7. The average molecular weight is 953 g/mol. The van der Waals surface area contributed by atoms with Crippen molar-refractivity contribution in [1.29, 1.82) is 0 Å². The summed E-state index contributed by atoms with van der Waals surface area (Å²) in [7, 11) is 0. The molecule has 12 aromatic carbocycles. The van der Waals surface area contributed by atoms with Crippen molar-refractivity contribution in [2.75, 3.05) is 0 Å². The first kappa shape index (κ1) is 44.3. The molecular formula is C75H52. The summed E-state index contributed by atoms with van der Waals surface area (Å²) in [5.41, 5.74) is 27.9. The largest absolute Gasteiger partial charge is 0.0728 e. The Kier molecular flexibility index (Phi) is 11.0. The van der Waals surface area contributed by atoms with Gasteiger partial charge < -0.3 is 0 Å². The van der Waals surface area contributed by atoms with Gasteiger partial charge in [-0.2, -0.15) is 0 Å². The summed E-state index contributed by atoms with van der Waals surface area (Å²) in [6, 6.07) is 112. The molecule has 0 saturated carbocycles. The van der Waals surface area contributed by atoms with Gasteiger partial charge in [0.05, 0.1) is 5.41 Å². The van der Waals surface area contributed by atoms with Crippen molar-refractivity contribution in [1.82, 2.24) is 0 Å². The summed E-state index contributed by atoms with van der Waals surface area (Å²) < 4.78 is 0. The Morgan fingerprint density at radius 3 is 1.20 bits per heavy atom. The maximum absolute atomic E-state index is 2.56. The highest BCUT2D eigenvalue weighted by atomic mass is 14.5. The lowest BCUT2D eigenvalue weighted by Crippen LogP contribution is -2.32. The molecule has 2 atom stereocenters. The number of fused-ring (bicyclic) bond motifs is 14. The topological polar surface area (TPSA) is 0 Å². The lowest BCUT2D eigenvalue weighted by molar-refractivity contribution is 0.725. The third kappa shape index (κ3) is 7.52. The molecule has 1 spiro atoms. The monoisotopic (exact) mass is 952 g/mol. The normalized spacial score (nSPS) is 14.2. The van der Waals surface area contributed by atoms with E-state index in [1.807, 2.05) is 0 Å². The maximum Gasteiger partial charge on any atom is 0.0728 e. The van der Waals surface area contributed by atoms with E-state index in [-0.39, 0.29) is 5.92 Å². The molecule has 2 aliphatic rings. The molecule has 12 aromatic rings. The van der Waals surface area contributed by atoms with Crippen LogP contribution in [-0.4, -0.2) is 0 Å². The van der Waals surface area contributed by atoms with Crippen molar-refractivity contribution in [2.24, 2.45) is 0 Å². The third-order valence-electron chi connectivity index (χ3n) is 16.2. The standard InChI is InChI=1S/C75H52/c1-5-20-52(21-6-1)56-38-36-51(37-39-56)48-69(58-42-40-57(41-43-58)53-22-7-2-8-23-53)68-34-19-33-67-65-32-17-18-35-71(65)75(74(67)68)72-47-45-59(54-24-9-3-10-25-54)49-70(72)64-31-16-14-29-62(64)61-28-13-15-30-63(61)66-46-44-60(50-73(66)75)55-26-11-4-12-27-55/h1-47,49-50,69H,48H2. The number of hydrogen-bond acceptors (Lipinski definition) is 0. The van der Waals surface area contributed by atoms with Crippen LogP contribution in [0, 0.1) is 0 Å². The fraction of sp³-hybridized carbons (Fsp3) is 0.0400. The van der Waals surface area contributed by atoms with E-state index in [4.69, 9.17) is 0 Å². The Morgan fingerprint density at radius 1 is 0.240 bits per heavy atom. The van der Waals surface area contributed by atoms with Gasteiger partial charge in [0.2, 0.25) is 0 Å². The van der Waals surface area contributed by atoms with Gasteiger partial charge >= 0.3 is 0 Å². The summed E-state index contributed by atoms with van der Waals surface area (Å²) in [5.74, 6) is -0.0152. The van der Waals surface area contributed by atoms with Crippen molar-refractivity contribution in [2.45, 2.75) is 17.8 Å². The van der Waals surface area contributed by atoms with Crippen molar-refractivity contribution < 1.29 is 0 Å².